The molecule has 0 amide bonds. The van der Waals surface area contributed by atoms with E-state index in [2.05, 4.69) is 0 Å². The summed E-state index contributed by atoms with van der Waals surface area (Å²) in [4.78, 5) is 0. The molecule has 20 heavy (non-hydrogen) atoms. The Morgan fingerprint density at radius 2 is 1.65 bits per heavy atom. The highest BCUT2D eigenvalue weighted by molar-refractivity contribution is 5.71. The van der Waals surface area contributed by atoms with Gasteiger partial charge in [-0.3, -0.25) is 0 Å². The first-order chi connectivity index (χ1) is 9.69. The van der Waals surface area contributed by atoms with Gasteiger partial charge in [0.15, 0.2) is 0 Å². The molecule has 0 radical (unpaired) electrons. The molecule has 0 unspecified atom stereocenters. The van der Waals surface area contributed by atoms with Gasteiger partial charge in [-0.25, -0.2) is 8.78 Å². The summed E-state index contributed by atoms with van der Waals surface area (Å²) in [6.07, 6.45) is 4.39. The van der Waals surface area contributed by atoms with Crippen molar-refractivity contribution in [3.05, 3.63) is 70.8 Å². The van der Waals surface area contributed by atoms with E-state index in [-0.39, 0.29) is 11.6 Å². The van der Waals surface area contributed by atoms with Crippen molar-refractivity contribution in [2.75, 3.05) is 13.7 Å². The molecule has 0 spiro atoms. The number of hydrogen-bond donors (Lipinski definition) is 0. The molecule has 1 nitrogen and oxygen atoms in total. The van der Waals surface area contributed by atoms with E-state index in [0.29, 0.717) is 6.61 Å². The topological polar surface area (TPSA) is 9.23 Å². The lowest BCUT2D eigenvalue weighted by Crippen LogP contribution is -1.97. The van der Waals surface area contributed by atoms with E-state index < -0.39 is 0 Å². The van der Waals surface area contributed by atoms with Crippen molar-refractivity contribution in [2.45, 2.75) is 6.42 Å². The number of methoxy groups -OCH3 is 1. The lowest BCUT2D eigenvalue weighted by Gasteiger charge is -2.06. The van der Waals surface area contributed by atoms with Gasteiger partial charge in [0.05, 0.1) is 6.61 Å². The van der Waals surface area contributed by atoms with Crippen LogP contribution in [0.15, 0.2) is 42.5 Å². The van der Waals surface area contributed by atoms with E-state index in [0.717, 1.165) is 23.1 Å². The van der Waals surface area contributed by atoms with E-state index in [1.54, 1.807) is 25.3 Å². The lowest BCUT2D eigenvalue weighted by molar-refractivity contribution is 0.202. The maximum absolute atomic E-state index is 13.3. The van der Waals surface area contributed by atoms with Crippen LogP contribution in [0, 0.1) is 11.6 Å². The molecule has 3 heteroatoms. The molecule has 0 fully saturated rings. The van der Waals surface area contributed by atoms with Gasteiger partial charge < -0.3 is 4.74 Å². The highest BCUT2D eigenvalue weighted by Gasteiger charge is 2.01. The van der Waals surface area contributed by atoms with E-state index in [1.807, 2.05) is 12.2 Å². The van der Waals surface area contributed by atoms with Crippen molar-refractivity contribution in [3.63, 3.8) is 0 Å². The normalized spacial score (nSPS) is 11.2. The summed E-state index contributed by atoms with van der Waals surface area (Å²) in [6, 6.07) is 10.9. The summed E-state index contributed by atoms with van der Waals surface area (Å²) >= 11 is 0. The van der Waals surface area contributed by atoms with E-state index >= 15 is 0 Å². The molecule has 104 valence electrons. The largest absolute Gasteiger partial charge is 0.384 e. The number of ether oxygens (including phenoxy) is 1. The van der Waals surface area contributed by atoms with Crippen LogP contribution in [0.4, 0.5) is 8.78 Å². The Labute approximate surface area is 117 Å². The van der Waals surface area contributed by atoms with Gasteiger partial charge in [0.25, 0.3) is 0 Å². The summed E-state index contributed by atoms with van der Waals surface area (Å²) < 4.78 is 31.2. The van der Waals surface area contributed by atoms with Crippen molar-refractivity contribution >= 4 is 12.2 Å². The second-order valence-electron chi connectivity index (χ2n) is 4.47. The van der Waals surface area contributed by atoms with E-state index in [4.69, 9.17) is 4.74 Å². The molecule has 0 heterocycles. The van der Waals surface area contributed by atoms with Crippen molar-refractivity contribution in [3.8, 4) is 0 Å². The Balaban J connectivity index is 2.22. The Hall–Kier alpha value is -2.00. The Kier molecular flexibility index (Phi) is 5.02. The molecule has 0 aliphatic heterocycles. The van der Waals surface area contributed by atoms with Gasteiger partial charge >= 0.3 is 0 Å². The van der Waals surface area contributed by atoms with Crippen molar-refractivity contribution in [1.82, 2.24) is 0 Å². The highest BCUT2D eigenvalue weighted by Crippen LogP contribution is 2.16. The predicted molar refractivity (Wildman–Crippen MR) is 77.3 cm³/mol. The molecule has 0 aliphatic carbocycles. The summed E-state index contributed by atoms with van der Waals surface area (Å²) in [7, 11) is 1.64. The Morgan fingerprint density at radius 3 is 2.35 bits per heavy atom. The van der Waals surface area contributed by atoms with Gasteiger partial charge in [-0.1, -0.05) is 30.4 Å². The quantitative estimate of drug-likeness (QED) is 0.738. The maximum Gasteiger partial charge on any atom is 0.123 e. The fourth-order valence-corrected chi connectivity index (χ4v) is 1.92. The second kappa shape index (κ2) is 6.96. The SMILES string of the molecule is COCCc1ccc(F)cc1/C=C/c1ccc(F)cc1. The lowest BCUT2D eigenvalue weighted by atomic mass is 10.0. The van der Waals surface area contributed by atoms with Crippen LogP contribution < -0.4 is 0 Å². The van der Waals surface area contributed by atoms with Gasteiger partial charge in [-0.15, -0.1) is 0 Å². The van der Waals surface area contributed by atoms with Gasteiger partial charge in [0, 0.05) is 7.11 Å². The summed E-state index contributed by atoms with van der Waals surface area (Å²) in [5, 5.41) is 0. The smallest absolute Gasteiger partial charge is 0.123 e. The number of benzene rings is 2. The zero-order valence-electron chi connectivity index (χ0n) is 11.3. The summed E-state index contributed by atoms with van der Waals surface area (Å²) in [6.45, 7) is 0.586. The molecular formula is C17H16F2O. The molecule has 0 bridgehead atoms. The fourth-order valence-electron chi connectivity index (χ4n) is 1.92. The van der Waals surface area contributed by atoms with Crippen LogP contribution in [0.2, 0.25) is 0 Å². The first kappa shape index (κ1) is 14.4. The molecule has 0 atom stereocenters. The number of rotatable bonds is 5. The minimum atomic E-state index is -0.273. The standard InChI is InChI=1S/C17H16F2O/c1-20-11-10-14-6-9-17(19)12-15(14)5-2-13-3-7-16(18)8-4-13/h2-9,12H,10-11H2,1H3/b5-2+. The van der Waals surface area contributed by atoms with Gasteiger partial charge in [0.2, 0.25) is 0 Å². The fraction of sp³-hybridized carbons (Fsp3) is 0.176. The van der Waals surface area contributed by atoms with Crippen LogP contribution in [0.1, 0.15) is 16.7 Å². The highest BCUT2D eigenvalue weighted by atomic mass is 19.1. The molecule has 2 aromatic rings. The minimum absolute atomic E-state index is 0.270. The molecular weight excluding hydrogens is 258 g/mol. The Morgan fingerprint density at radius 1 is 0.950 bits per heavy atom. The van der Waals surface area contributed by atoms with Crippen LogP contribution in [-0.2, 0) is 11.2 Å². The molecule has 2 aromatic carbocycles. The van der Waals surface area contributed by atoms with Crippen molar-refractivity contribution < 1.29 is 13.5 Å². The molecule has 0 aliphatic rings. The van der Waals surface area contributed by atoms with E-state index in [1.165, 1.54) is 24.3 Å². The van der Waals surface area contributed by atoms with Gasteiger partial charge in [0.1, 0.15) is 11.6 Å². The first-order valence-corrected chi connectivity index (χ1v) is 6.40. The van der Waals surface area contributed by atoms with Crippen LogP contribution >= 0.6 is 0 Å². The average Bonchev–Trinajstić information content (AvgIpc) is 2.46. The zero-order chi connectivity index (χ0) is 14.4. The molecule has 2 rings (SSSR count). The van der Waals surface area contributed by atoms with E-state index in [9.17, 15) is 8.78 Å². The third-order valence-corrected chi connectivity index (χ3v) is 3.01. The molecule has 0 saturated heterocycles. The summed E-state index contributed by atoms with van der Waals surface area (Å²) in [5.74, 6) is -0.543. The average molecular weight is 274 g/mol. The second-order valence-corrected chi connectivity index (χ2v) is 4.47. The van der Waals surface area contributed by atoms with Crippen LogP contribution in [-0.4, -0.2) is 13.7 Å². The molecule has 0 N–H and O–H groups in total. The number of halogens is 2. The predicted octanol–water partition coefficient (Wildman–Crippen LogP) is 4.32. The van der Waals surface area contributed by atoms with Gasteiger partial charge in [-0.05, 0) is 47.4 Å². The zero-order valence-corrected chi connectivity index (χ0v) is 11.3. The number of hydrogen-bond acceptors (Lipinski definition) is 1. The molecule has 0 saturated carbocycles. The summed E-state index contributed by atoms with van der Waals surface area (Å²) in [5.41, 5.74) is 2.70. The van der Waals surface area contributed by atoms with Crippen LogP contribution in [0.3, 0.4) is 0 Å². The Bertz CT molecular complexity index is 588. The monoisotopic (exact) mass is 274 g/mol. The first-order valence-electron chi connectivity index (χ1n) is 6.40. The van der Waals surface area contributed by atoms with Crippen LogP contribution in [0.5, 0.6) is 0 Å². The van der Waals surface area contributed by atoms with Crippen LogP contribution in [0.25, 0.3) is 12.2 Å². The minimum Gasteiger partial charge on any atom is -0.384 e. The molecule has 0 aromatic heterocycles. The third kappa shape index (κ3) is 4.00. The van der Waals surface area contributed by atoms with Crippen molar-refractivity contribution in [1.29, 1.82) is 0 Å². The third-order valence-electron chi connectivity index (χ3n) is 3.01. The van der Waals surface area contributed by atoms with Gasteiger partial charge in [-0.2, -0.15) is 0 Å². The van der Waals surface area contributed by atoms with Crippen molar-refractivity contribution in [2.24, 2.45) is 0 Å². The maximum atomic E-state index is 13.3.